The van der Waals surface area contributed by atoms with Gasteiger partial charge in [-0.25, -0.2) is 0 Å². The summed E-state index contributed by atoms with van der Waals surface area (Å²) in [5.41, 5.74) is 0.479. The van der Waals surface area contributed by atoms with Crippen LogP contribution in [-0.4, -0.2) is 20.5 Å². The fourth-order valence-electron chi connectivity index (χ4n) is 2.34. The molecular formula is C15H21ClN2O. The van der Waals surface area contributed by atoms with Crippen molar-refractivity contribution in [2.24, 2.45) is 0 Å². The Hall–Kier alpha value is -1.06. The molecule has 0 bridgehead atoms. The van der Waals surface area contributed by atoms with Crippen LogP contribution in [0.3, 0.4) is 0 Å². The molecule has 19 heavy (non-hydrogen) atoms. The highest BCUT2D eigenvalue weighted by Crippen LogP contribution is 2.27. The summed E-state index contributed by atoms with van der Waals surface area (Å²) in [6, 6.07) is 8.28. The third kappa shape index (κ3) is 3.48. The smallest absolute Gasteiger partial charge is 0.158 e. The van der Waals surface area contributed by atoms with E-state index in [-0.39, 0.29) is 6.04 Å². The summed E-state index contributed by atoms with van der Waals surface area (Å²) in [5, 5.41) is 15.7. The van der Waals surface area contributed by atoms with Crippen molar-refractivity contribution in [2.75, 3.05) is 0 Å². The number of benzene rings is 1. The Labute approximate surface area is 119 Å². The minimum atomic E-state index is -0.594. The topological polar surface area (TPSA) is 38.0 Å². The van der Waals surface area contributed by atoms with E-state index in [0.717, 1.165) is 30.2 Å². The lowest BCUT2D eigenvalue weighted by Crippen LogP contribution is -2.18. The third-order valence-electron chi connectivity index (χ3n) is 3.40. The van der Waals surface area contributed by atoms with Crippen molar-refractivity contribution in [2.45, 2.75) is 51.7 Å². The van der Waals surface area contributed by atoms with Gasteiger partial charge in [0.15, 0.2) is 5.15 Å². The van der Waals surface area contributed by atoms with Gasteiger partial charge >= 0.3 is 0 Å². The molecule has 104 valence electrons. The van der Waals surface area contributed by atoms with Crippen LogP contribution in [0.25, 0.3) is 10.9 Å². The molecular weight excluding hydrogens is 260 g/mol. The molecule has 0 fully saturated rings. The van der Waals surface area contributed by atoms with Crippen LogP contribution in [0.15, 0.2) is 24.3 Å². The quantitative estimate of drug-likeness (QED) is 0.892. The number of halogens is 1. The normalized spacial score (nSPS) is 13.9. The van der Waals surface area contributed by atoms with E-state index in [1.165, 1.54) is 0 Å². The van der Waals surface area contributed by atoms with Crippen LogP contribution in [0, 0.1) is 0 Å². The molecule has 1 aromatic carbocycles. The largest absolute Gasteiger partial charge is 0.390 e. The van der Waals surface area contributed by atoms with E-state index in [9.17, 15) is 5.11 Å². The molecule has 0 aliphatic heterocycles. The maximum Gasteiger partial charge on any atom is 0.158 e. The Morgan fingerprint density at radius 1 is 1.37 bits per heavy atom. The predicted octanol–water partition coefficient (Wildman–Crippen LogP) is 4.19. The Bertz CT molecular complexity index is 557. The number of aliphatic hydroxyl groups is 1. The minimum Gasteiger partial charge on any atom is -0.390 e. The fraction of sp³-hybridized carbons (Fsp3) is 0.533. The fourth-order valence-corrected chi connectivity index (χ4v) is 2.58. The Kier molecular flexibility index (Phi) is 4.16. The number of hydrogen-bond acceptors (Lipinski definition) is 2. The second-order valence-electron chi connectivity index (χ2n) is 5.81. The number of para-hydroxylation sites is 1. The number of nitrogens with zero attached hydrogens (tertiary/aromatic N) is 2. The Morgan fingerprint density at radius 2 is 2.05 bits per heavy atom. The van der Waals surface area contributed by atoms with Gasteiger partial charge in [-0.05, 0) is 52.2 Å². The summed E-state index contributed by atoms with van der Waals surface area (Å²) in [6.07, 6.45) is 2.74. The van der Waals surface area contributed by atoms with Crippen LogP contribution in [0.5, 0.6) is 0 Å². The first-order chi connectivity index (χ1) is 8.88. The second-order valence-corrected chi connectivity index (χ2v) is 6.16. The van der Waals surface area contributed by atoms with Crippen LogP contribution < -0.4 is 0 Å². The zero-order valence-electron chi connectivity index (χ0n) is 11.7. The molecule has 1 atom stereocenters. The standard InChI is InChI=1S/C15H21ClN2O/c1-11(7-6-10-15(2,3)19)18-13-9-5-4-8-12(13)14(16)17-18/h4-5,8-9,11,19H,6-7,10H2,1-3H3. The molecule has 0 saturated carbocycles. The van der Waals surface area contributed by atoms with Gasteiger partial charge < -0.3 is 5.11 Å². The minimum absolute atomic E-state index is 0.278. The Balaban J connectivity index is 2.11. The van der Waals surface area contributed by atoms with Crippen molar-refractivity contribution in [1.82, 2.24) is 9.78 Å². The van der Waals surface area contributed by atoms with Crippen molar-refractivity contribution < 1.29 is 5.11 Å². The molecule has 1 unspecified atom stereocenters. The zero-order chi connectivity index (χ0) is 14.0. The van der Waals surface area contributed by atoms with E-state index in [4.69, 9.17) is 11.6 Å². The van der Waals surface area contributed by atoms with Gasteiger partial charge in [0.05, 0.1) is 11.1 Å². The molecule has 0 aliphatic rings. The maximum atomic E-state index is 9.73. The monoisotopic (exact) mass is 280 g/mol. The first-order valence-corrected chi connectivity index (χ1v) is 7.11. The van der Waals surface area contributed by atoms with Crippen LogP contribution in [0.4, 0.5) is 0 Å². The molecule has 0 spiro atoms. The van der Waals surface area contributed by atoms with Gasteiger partial charge in [-0.1, -0.05) is 23.7 Å². The summed E-state index contributed by atoms with van der Waals surface area (Å²) < 4.78 is 1.99. The lowest BCUT2D eigenvalue weighted by atomic mass is 10.00. The average molecular weight is 281 g/mol. The van der Waals surface area contributed by atoms with Crippen LogP contribution >= 0.6 is 11.6 Å². The van der Waals surface area contributed by atoms with E-state index in [1.54, 1.807) is 0 Å². The molecule has 4 heteroatoms. The van der Waals surface area contributed by atoms with Gasteiger partial charge in [-0.3, -0.25) is 4.68 Å². The van der Waals surface area contributed by atoms with Gasteiger partial charge in [-0.15, -0.1) is 0 Å². The number of fused-ring (bicyclic) bond motifs is 1. The van der Waals surface area contributed by atoms with Gasteiger partial charge in [0.2, 0.25) is 0 Å². The summed E-state index contributed by atoms with van der Waals surface area (Å²) >= 11 is 6.16. The Morgan fingerprint density at radius 3 is 2.74 bits per heavy atom. The molecule has 0 radical (unpaired) electrons. The van der Waals surface area contributed by atoms with E-state index in [0.29, 0.717) is 5.15 Å². The van der Waals surface area contributed by atoms with Gasteiger partial charge in [-0.2, -0.15) is 5.10 Å². The maximum absolute atomic E-state index is 9.73. The summed E-state index contributed by atoms with van der Waals surface area (Å²) in [5.74, 6) is 0. The van der Waals surface area contributed by atoms with E-state index >= 15 is 0 Å². The van der Waals surface area contributed by atoms with Gasteiger partial charge in [0.1, 0.15) is 0 Å². The van der Waals surface area contributed by atoms with Crippen LogP contribution in [0.2, 0.25) is 5.15 Å². The number of rotatable bonds is 5. The third-order valence-corrected chi connectivity index (χ3v) is 3.68. The van der Waals surface area contributed by atoms with Crippen molar-refractivity contribution >= 4 is 22.5 Å². The molecule has 0 amide bonds. The van der Waals surface area contributed by atoms with Crippen LogP contribution in [0.1, 0.15) is 46.1 Å². The van der Waals surface area contributed by atoms with E-state index in [2.05, 4.69) is 12.0 Å². The van der Waals surface area contributed by atoms with Gasteiger partial charge in [0, 0.05) is 11.4 Å². The average Bonchev–Trinajstić information content (AvgIpc) is 2.66. The highest BCUT2D eigenvalue weighted by molar-refractivity contribution is 6.34. The lowest BCUT2D eigenvalue weighted by molar-refractivity contribution is 0.0671. The predicted molar refractivity (Wildman–Crippen MR) is 79.6 cm³/mol. The molecule has 2 aromatic rings. The van der Waals surface area contributed by atoms with Gasteiger partial charge in [0.25, 0.3) is 0 Å². The molecule has 3 nitrogen and oxygen atoms in total. The van der Waals surface area contributed by atoms with Crippen molar-refractivity contribution in [3.05, 3.63) is 29.4 Å². The second kappa shape index (κ2) is 5.51. The first kappa shape index (κ1) is 14.4. The van der Waals surface area contributed by atoms with Crippen molar-refractivity contribution in [3.8, 4) is 0 Å². The molecule has 1 heterocycles. The molecule has 0 aliphatic carbocycles. The molecule has 0 saturated heterocycles. The molecule has 2 rings (SSSR count). The molecule has 1 N–H and O–H groups in total. The summed E-state index contributed by atoms with van der Waals surface area (Å²) in [7, 11) is 0. The van der Waals surface area contributed by atoms with E-state index in [1.807, 2.05) is 42.8 Å². The number of hydrogen-bond donors (Lipinski definition) is 1. The zero-order valence-corrected chi connectivity index (χ0v) is 12.5. The first-order valence-electron chi connectivity index (χ1n) is 6.73. The highest BCUT2D eigenvalue weighted by atomic mass is 35.5. The number of aromatic nitrogens is 2. The summed E-state index contributed by atoms with van der Waals surface area (Å²) in [4.78, 5) is 0. The lowest BCUT2D eigenvalue weighted by Gasteiger charge is -2.19. The summed E-state index contributed by atoms with van der Waals surface area (Å²) in [6.45, 7) is 5.83. The van der Waals surface area contributed by atoms with E-state index < -0.39 is 5.60 Å². The van der Waals surface area contributed by atoms with Crippen LogP contribution in [-0.2, 0) is 0 Å². The van der Waals surface area contributed by atoms with Crippen molar-refractivity contribution in [3.63, 3.8) is 0 Å². The van der Waals surface area contributed by atoms with Crippen molar-refractivity contribution in [1.29, 1.82) is 0 Å². The SMILES string of the molecule is CC(CCCC(C)(C)O)n1nc(Cl)c2ccccc21. The molecule has 1 aromatic heterocycles. The highest BCUT2D eigenvalue weighted by Gasteiger charge is 2.16.